The van der Waals surface area contributed by atoms with Gasteiger partial charge >= 0.3 is 0 Å². The van der Waals surface area contributed by atoms with E-state index in [-0.39, 0.29) is 5.91 Å². The molecule has 2 rings (SSSR count). The molecule has 0 spiro atoms. The highest BCUT2D eigenvalue weighted by Crippen LogP contribution is 2.29. The number of nitrogens with one attached hydrogen (secondary N) is 2. The first-order valence-corrected chi connectivity index (χ1v) is 7.90. The van der Waals surface area contributed by atoms with Gasteiger partial charge in [0.05, 0.1) is 19.9 Å². The van der Waals surface area contributed by atoms with Crippen LogP contribution < -0.4 is 20.1 Å². The minimum Gasteiger partial charge on any atom is -0.497 e. The lowest BCUT2D eigenvalue weighted by atomic mass is 10.2. The van der Waals surface area contributed by atoms with Gasteiger partial charge in [-0.2, -0.15) is 0 Å². The SMILES string of the molecule is COCCCNc1ccnc(C(=O)Nc2cc(OC)ccc2OC)c1. The zero-order valence-electron chi connectivity index (χ0n) is 14.7. The number of benzene rings is 1. The second-order valence-corrected chi connectivity index (χ2v) is 5.22. The summed E-state index contributed by atoms with van der Waals surface area (Å²) in [5.41, 5.74) is 1.66. The van der Waals surface area contributed by atoms with Crippen LogP contribution in [0.15, 0.2) is 36.5 Å². The van der Waals surface area contributed by atoms with E-state index in [1.807, 2.05) is 6.07 Å². The van der Waals surface area contributed by atoms with Crippen molar-refractivity contribution in [1.82, 2.24) is 4.98 Å². The monoisotopic (exact) mass is 345 g/mol. The maximum Gasteiger partial charge on any atom is 0.274 e. The normalized spacial score (nSPS) is 10.2. The Bertz CT molecular complexity index is 706. The van der Waals surface area contributed by atoms with Crippen molar-refractivity contribution in [1.29, 1.82) is 0 Å². The van der Waals surface area contributed by atoms with Gasteiger partial charge in [0.25, 0.3) is 5.91 Å². The highest BCUT2D eigenvalue weighted by molar-refractivity contribution is 6.04. The summed E-state index contributed by atoms with van der Waals surface area (Å²) in [7, 11) is 4.77. The summed E-state index contributed by atoms with van der Waals surface area (Å²) < 4.78 is 15.5. The van der Waals surface area contributed by atoms with Crippen molar-refractivity contribution in [2.75, 3.05) is 45.1 Å². The van der Waals surface area contributed by atoms with Crippen LogP contribution in [0, 0.1) is 0 Å². The van der Waals surface area contributed by atoms with Crippen LogP contribution >= 0.6 is 0 Å². The molecule has 1 heterocycles. The third-order valence-electron chi connectivity index (χ3n) is 3.50. The van der Waals surface area contributed by atoms with Gasteiger partial charge in [0.15, 0.2) is 0 Å². The standard InChI is InChI=1S/C18H23N3O4/c1-23-10-4-8-19-13-7-9-20-16(11-13)18(22)21-15-12-14(24-2)5-6-17(15)25-3/h5-7,9,11-12H,4,8,10H2,1-3H3,(H,19,20)(H,21,22). The van der Waals surface area contributed by atoms with Crippen LogP contribution in [0.2, 0.25) is 0 Å². The van der Waals surface area contributed by atoms with Gasteiger partial charge in [0.2, 0.25) is 0 Å². The predicted octanol–water partition coefficient (Wildman–Crippen LogP) is 2.80. The molecule has 0 aliphatic carbocycles. The average molecular weight is 345 g/mol. The van der Waals surface area contributed by atoms with Crippen LogP contribution in [0.3, 0.4) is 0 Å². The number of carbonyl (C=O) groups is 1. The van der Waals surface area contributed by atoms with Crippen molar-refractivity contribution in [3.05, 3.63) is 42.2 Å². The molecule has 0 aliphatic rings. The van der Waals surface area contributed by atoms with Crippen molar-refractivity contribution < 1.29 is 19.0 Å². The van der Waals surface area contributed by atoms with Crippen molar-refractivity contribution in [2.24, 2.45) is 0 Å². The summed E-state index contributed by atoms with van der Waals surface area (Å²) in [6.07, 6.45) is 2.47. The molecular weight excluding hydrogens is 322 g/mol. The minimum atomic E-state index is -0.327. The lowest BCUT2D eigenvalue weighted by Gasteiger charge is -2.12. The van der Waals surface area contributed by atoms with Crippen LogP contribution in [0.5, 0.6) is 11.5 Å². The molecule has 25 heavy (non-hydrogen) atoms. The largest absolute Gasteiger partial charge is 0.497 e. The summed E-state index contributed by atoms with van der Waals surface area (Å²) in [6.45, 7) is 1.43. The molecule has 0 fully saturated rings. The van der Waals surface area contributed by atoms with Crippen LogP contribution in [0.25, 0.3) is 0 Å². The van der Waals surface area contributed by atoms with Crippen molar-refractivity contribution >= 4 is 17.3 Å². The van der Waals surface area contributed by atoms with E-state index < -0.39 is 0 Å². The highest BCUT2D eigenvalue weighted by atomic mass is 16.5. The van der Waals surface area contributed by atoms with E-state index in [9.17, 15) is 4.79 Å². The second-order valence-electron chi connectivity index (χ2n) is 5.22. The molecule has 0 radical (unpaired) electrons. The van der Waals surface area contributed by atoms with Gasteiger partial charge in [-0.05, 0) is 30.7 Å². The number of rotatable bonds is 9. The van der Waals surface area contributed by atoms with Crippen LogP contribution in [0.4, 0.5) is 11.4 Å². The number of ether oxygens (including phenoxy) is 3. The molecule has 1 amide bonds. The molecule has 0 bridgehead atoms. The van der Waals surface area contributed by atoms with E-state index in [4.69, 9.17) is 14.2 Å². The molecule has 2 aromatic rings. The third-order valence-corrected chi connectivity index (χ3v) is 3.50. The average Bonchev–Trinajstić information content (AvgIpc) is 2.65. The van der Waals surface area contributed by atoms with Gasteiger partial charge in [-0.1, -0.05) is 0 Å². The number of aromatic nitrogens is 1. The number of hydrogen-bond acceptors (Lipinski definition) is 6. The Balaban J connectivity index is 2.08. The van der Waals surface area contributed by atoms with E-state index in [0.29, 0.717) is 29.5 Å². The Labute approximate surface area is 147 Å². The lowest BCUT2D eigenvalue weighted by molar-refractivity contribution is 0.102. The number of pyridine rings is 1. The van der Waals surface area contributed by atoms with E-state index in [0.717, 1.165) is 18.7 Å². The fourth-order valence-corrected chi connectivity index (χ4v) is 2.21. The van der Waals surface area contributed by atoms with Gasteiger partial charge in [-0.3, -0.25) is 9.78 Å². The molecule has 1 aromatic heterocycles. The summed E-state index contributed by atoms with van der Waals surface area (Å²) >= 11 is 0. The number of carbonyl (C=O) groups excluding carboxylic acids is 1. The van der Waals surface area contributed by atoms with Crippen molar-refractivity contribution in [2.45, 2.75) is 6.42 Å². The van der Waals surface area contributed by atoms with E-state index in [1.165, 1.54) is 0 Å². The number of anilines is 2. The minimum absolute atomic E-state index is 0.307. The van der Waals surface area contributed by atoms with E-state index >= 15 is 0 Å². The zero-order valence-corrected chi connectivity index (χ0v) is 14.7. The Morgan fingerprint density at radius 3 is 2.68 bits per heavy atom. The van der Waals surface area contributed by atoms with E-state index in [1.54, 1.807) is 51.8 Å². The summed E-state index contributed by atoms with van der Waals surface area (Å²) in [5, 5.41) is 6.04. The molecule has 0 unspecified atom stereocenters. The van der Waals surface area contributed by atoms with Gasteiger partial charge in [0.1, 0.15) is 17.2 Å². The number of nitrogens with zero attached hydrogens (tertiary/aromatic N) is 1. The number of hydrogen-bond donors (Lipinski definition) is 2. The Morgan fingerprint density at radius 1 is 1.12 bits per heavy atom. The van der Waals surface area contributed by atoms with Crippen LogP contribution in [-0.2, 0) is 4.74 Å². The van der Waals surface area contributed by atoms with Crippen molar-refractivity contribution in [3.8, 4) is 11.5 Å². The van der Waals surface area contributed by atoms with Gasteiger partial charge in [-0.25, -0.2) is 0 Å². The first kappa shape index (κ1) is 18.5. The van der Waals surface area contributed by atoms with Crippen molar-refractivity contribution in [3.63, 3.8) is 0 Å². The summed E-state index contributed by atoms with van der Waals surface area (Å²) in [4.78, 5) is 16.6. The number of amides is 1. The molecule has 7 heteroatoms. The van der Waals surface area contributed by atoms with Gasteiger partial charge in [0, 0.05) is 38.2 Å². The van der Waals surface area contributed by atoms with Gasteiger partial charge in [-0.15, -0.1) is 0 Å². The Kier molecular flexibility index (Phi) is 7.03. The molecule has 0 saturated heterocycles. The first-order valence-electron chi connectivity index (χ1n) is 7.90. The molecule has 0 aliphatic heterocycles. The zero-order chi connectivity index (χ0) is 18.1. The molecule has 0 saturated carbocycles. The maximum atomic E-state index is 12.5. The lowest BCUT2D eigenvalue weighted by Crippen LogP contribution is -2.15. The Hall–Kier alpha value is -2.80. The smallest absolute Gasteiger partial charge is 0.274 e. The topological polar surface area (TPSA) is 81.7 Å². The highest BCUT2D eigenvalue weighted by Gasteiger charge is 2.12. The second kappa shape index (κ2) is 9.48. The van der Waals surface area contributed by atoms with Crippen LogP contribution in [-0.4, -0.2) is 45.4 Å². The molecule has 2 N–H and O–H groups in total. The van der Waals surface area contributed by atoms with Crippen LogP contribution in [0.1, 0.15) is 16.9 Å². The molecule has 0 atom stereocenters. The Morgan fingerprint density at radius 2 is 1.96 bits per heavy atom. The quantitative estimate of drug-likeness (QED) is 0.680. The fourth-order valence-electron chi connectivity index (χ4n) is 2.21. The molecule has 134 valence electrons. The number of methoxy groups -OCH3 is 3. The van der Waals surface area contributed by atoms with Gasteiger partial charge < -0.3 is 24.8 Å². The maximum absolute atomic E-state index is 12.5. The summed E-state index contributed by atoms with van der Waals surface area (Å²) in [6, 6.07) is 8.71. The van der Waals surface area contributed by atoms with E-state index in [2.05, 4.69) is 15.6 Å². The fraction of sp³-hybridized carbons (Fsp3) is 0.333. The third kappa shape index (κ3) is 5.36. The first-order chi connectivity index (χ1) is 12.2. The molecule has 7 nitrogen and oxygen atoms in total. The molecule has 1 aromatic carbocycles. The summed E-state index contributed by atoms with van der Waals surface area (Å²) in [5.74, 6) is 0.840. The predicted molar refractivity (Wildman–Crippen MR) is 96.7 cm³/mol. The molecular formula is C18H23N3O4.